The minimum atomic E-state index is -0.393. The van der Waals surface area contributed by atoms with E-state index in [1.165, 1.54) is 23.9 Å². The Morgan fingerprint density at radius 3 is 3.00 bits per heavy atom. The smallest absolute Gasteiger partial charge is 0.237 e. The van der Waals surface area contributed by atoms with Crippen molar-refractivity contribution in [2.24, 2.45) is 0 Å². The zero-order valence-electron chi connectivity index (χ0n) is 12.4. The van der Waals surface area contributed by atoms with Gasteiger partial charge >= 0.3 is 0 Å². The van der Waals surface area contributed by atoms with E-state index < -0.39 is 5.25 Å². The standard InChI is InChI=1S/C15H17FN4OS/c1-4-8-20-11(3)18-19-15(20)22-10(2)14(21)17-13-7-5-6-12(16)9-13/h4-7,9-10H,1,8H2,2-3H3,(H,17,21)/t10-/m1/s1. The molecule has 22 heavy (non-hydrogen) atoms. The van der Waals surface area contributed by atoms with Gasteiger partial charge in [0.15, 0.2) is 5.16 Å². The maximum absolute atomic E-state index is 13.1. The molecule has 1 heterocycles. The summed E-state index contributed by atoms with van der Waals surface area (Å²) in [5.41, 5.74) is 0.432. The number of hydrogen-bond acceptors (Lipinski definition) is 4. The van der Waals surface area contributed by atoms with Crippen LogP contribution in [0.25, 0.3) is 0 Å². The Labute approximate surface area is 132 Å². The van der Waals surface area contributed by atoms with E-state index in [0.717, 1.165) is 5.82 Å². The van der Waals surface area contributed by atoms with Crippen molar-refractivity contribution >= 4 is 23.4 Å². The molecule has 1 amide bonds. The molecule has 0 saturated heterocycles. The minimum absolute atomic E-state index is 0.221. The van der Waals surface area contributed by atoms with Crippen LogP contribution in [0.2, 0.25) is 0 Å². The van der Waals surface area contributed by atoms with Gasteiger partial charge in [-0.3, -0.25) is 4.79 Å². The molecule has 0 aliphatic heterocycles. The van der Waals surface area contributed by atoms with Crippen LogP contribution in [0.15, 0.2) is 42.1 Å². The van der Waals surface area contributed by atoms with E-state index in [1.54, 1.807) is 25.1 Å². The largest absolute Gasteiger partial charge is 0.325 e. The van der Waals surface area contributed by atoms with Crippen LogP contribution in [0.3, 0.4) is 0 Å². The Kier molecular flexibility index (Phi) is 5.32. The molecule has 2 rings (SSSR count). The Morgan fingerprint density at radius 1 is 1.55 bits per heavy atom. The number of thioether (sulfide) groups is 1. The molecular weight excluding hydrogens is 303 g/mol. The van der Waals surface area contributed by atoms with E-state index in [9.17, 15) is 9.18 Å². The van der Waals surface area contributed by atoms with Gasteiger partial charge in [0.1, 0.15) is 11.6 Å². The number of rotatable bonds is 6. The van der Waals surface area contributed by atoms with Crippen molar-refractivity contribution in [2.45, 2.75) is 30.8 Å². The van der Waals surface area contributed by atoms with Crippen molar-refractivity contribution in [3.05, 3.63) is 48.6 Å². The Bertz CT molecular complexity index is 686. The number of aromatic nitrogens is 3. The molecule has 0 aliphatic rings. The third-order valence-electron chi connectivity index (χ3n) is 2.96. The summed E-state index contributed by atoms with van der Waals surface area (Å²) in [6.07, 6.45) is 1.75. The number of hydrogen-bond donors (Lipinski definition) is 1. The van der Waals surface area contributed by atoms with E-state index in [4.69, 9.17) is 0 Å². The second kappa shape index (κ2) is 7.22. The number of aryl methyl sites for hydroxylation is 1. The molecular formula is C15H17FN4OS. The average Bonchev–Trinajstić information content (AvgIpc) is 2.80. The average molecular weight is 320 g/mol. The van der Waals surface area contributed by atoms with Crippen molar-refractivity contribution in [2.75, 3.05) is 5.32 Å². The summed E-state index contributed by atoms with van der Waals surface area (Å²) in [6.45, 7) is 7.89. The number of nitrogens with zero attached hydrogens (tertiary/aromatic N) is 3. The van der Waals surface area contributed by atoms with Crippen molar-refractivity contribution in [1.82, 2.24) is 14.8 Å². The summed E-state index contributed by atoms with van der Waals surface area (Å²) >= 11 is 1.30. The third-order valence-corrected chi connectivity index (χ3v) is 4.04. The maximum atomic E-state index is 13.1. The normalized spacial score (nSPS) is 12.0. The fourth-order valence-corrected chi connectivity index (χ4v) is 2.71. The number of halogens is 1. The van der Waals surface area contributed by atoms with Crippen molar-refractivity contribution in [3.8, 4) is 0 Å². The van der Waals surface area contributed by atoms with E-state index in [1.807, 2.05) is 11.5 Å². The quantitative estimate of drug-likeness (QED) is 0.656. The monoisotopic (exact) mass is 320 g/mol. The van der Waals surface area contributed by atoms with Crippen LogP contribution in [0.5, 0.6) is 0 Å². The molecule has 2 aromatic rings. The molecule has 1 aromatic carbocycles. The Hall–Kier alpha value is -2.15. The van der Waals surface area contributed by atoms with Crippen LogP contribution in [-0.2, 0) is 11.3 Å². The van der Waals surface area contributed by atoms with Crippen LogP contribution in [0.1, 0.15) is 12.7 Å². The highest BCUT2D eigenvalue weighted by Gasteiger charge is 2.19. The number of benzene rings is 1. The molecule has 0 unspecified atom stereocenters. The van der Waals surface area contributed by atoms with Gasteiger partial charge in [-0.2, -0.15) is 0 Å². The van der Waals surface area contributed by atoms with Crippen LogP contribution in [0, 0.1) is 12.7 Å². The van der Waals surface area contributed by atoms with Crippen molar-refractivity contribution in [3.63, 3.8) is 0 Å². The molecule has 5 nitrogen and oxygen atoms in total. The third kappa shape index (κ3) is 3.94. The summed E-state index contributed by atoms with van der Waals surface area (Å²) in [5, 5.41) is 11.0. The SMILES string of the molecule is C=CCn1c(C)nnc1S[C@H](C)C(=O)Nc1cccc(F)c1. The Morgan fingerprint density at radius 2 is 2.32 bits per heavy atom. The lowest BCUT2D eigenvalue weighted by atomic mass is 10.3. The summed E-state index contributed by atoms with van der Waals surface area (Å²) in [7, 11) is 0. The van der Waals surface area contributed by atoms with Gasteiger partial charge in [0.2, 0.25) is 5.91 Å². The van der Waals surface area contributed by atoms with Crippen LogP contribution < -0.4 is 5.32 Å². The lowest BCUT2D eigenvalue weighted by Crippen LogP contribution is -2.23. The lowest BCUT2D eigenvalue weighted by molar-refractivity contribution is -0.115. The van der Waals surface area contributed by atoms with E-state index in [0.29, 0.717) is 17.4 Å². The van der Waals surface area contributed by atoms with Crippen molar-refractivity contribution < 1.29 is 9.18 Å². The lowest BCUT2D eigenvalue weighted by Gasteiger charge is -2.12. The van der Waals surface area contributed by atoms with Gasteiger partial charge in [0.25, 0.3) is 0 Å². The van der Waals surface area contributed by atoms with Gasteiger partial charge < -0.3 is 9.88 Å². The molecule has 0 aliphatic carbocycles. The van der Waals surface area contributed by atoms with Crippen LogP contribution in [-0.4, -0.2) is 25.9 Å². The van der Waals surface area contributed by atoms with Crippen LogP contribution >= 0.6 is 11.8 Å². The van der Waals surface area contributed by atoms with Gasteiger partial charge in [-0.25, -0.2) is 4.39 Å². The molecule has 0 saturated carbocycles. The molecule has 1 N–H and O–H groups in total. The summed E-state index contributed by atoms with van der Waals surface area (Å²) < 4.78 is 15.0. The topological polar surface area (TPSA) is 59.8 Å². The molecule has 116 valence electrons. The second-order valence-electron chi connectivity index (χ2n) is 4.69. The van der Waals surface area contributed by atoms with Crippen molar-refractivity contribution in [1.29, 1.82) is 0 Å². The molecule has 7 heteroatoms. The van der Waals surface area contributed by atoms with Gasteiger partial charge in [-0.05, 0) is 32.0 Å². The molecule has 0 radical (unpaired) electrons. The zero-order valence-corrected chi connectivity index (χ0v) is 13.2. The summed E-state index contributed by atoms with van der Waals surface area (Å²) in [4.78, 5) is 12.2. The second-order valence-corrected chi connectivity index (χ2v) is 6.00. The maximum Gasteiger partial charge on any atom is 0.237 e. The molecule has 1 atom stereocenters. The molecule has 0 bridgehead atoms. The fourth-order valence-electron chi connectivity index (χ4n) is 1.81. The number of nitrogens with one attached hydrogen (secondary N) is 1. The van der Waals surface area contributed by atoms with Crippen LogP contribution in [0.4, 0.5) is 10.1 Å². The summed E-state index contributed by atoms with van der Waals surface area (Å²) in [6, 6.07) is 5.80. The van der Waals surface area contributed by atoms with Gasteiger partial charge in [-0.15, -0.1) is 16.8 Å². The first-order valence-electron chi connectivity index (χ1n) is 6.75. The number of allylic oxidation sites excluding steroid dienone is 1. The Balaban J connectivity index is 2.04. The first-order chi connectivity index (χ1) is 10.5. The fraction of sp³-hybridized carbons (Fsp3) is 0.267. The predicted molar refractivity (Wildman–Crippen MR) is 85.3 cm³/mol. The minimum Gasteiger partial charge on any atom is -0.325 e. The van der Waals surface area contributed by atoms with E-state index >= 15 is 0 Å². The highest BCUT2D eigenvalue weighted by atomic mass is 32.2. The number of amides is 1. The zero-order chi connectivity index (χ0) is 16.1. The van der Waals surface area contributed by atoms with Gasteiger partial charge in [0, 0.05) is 12.2 Å². The van der Waals surface area contributed by atoms with E-state index in [-0.39, 0.29) is 11.7 Å². The molecule has 1 aromatic heterocycles. The highest BCUT2D eigenvalue weighted by Crippen LogP contribution is 2.23. The molecule has 0 fully saturated rings. The first kappa shape index (κ1) is 16.2. The predicted octanol–water partition coefficient (Wildman–Crippen LogP) is 3.03. The molecule has 0 spiro atoms. The number of carbonyl (C=O) groups excluding carboxylic acids is 1. The number of anilines is 1. The highest BCUT2D eigenvalue weighted by molar-refractivity contribution is 8.00. The number of carbonyl (C=O) groups is 1. The van der Waals surface area contributed by atoms with Gasteiger partial charge in [0.05, 0.1) is 5.25 Å². The summed E-state index contributed by atoms with van der Waals surface area (Å²) in [5.74, 6) is 0.154. The van der Waals surface area contributed by atoms with Gasteiger partial charge in [-0.1, -0.05) is 23.9 Å². The first-order valence-corrected chi connectivity index (χ1v) is 7.63. The van der Waals surface area contributed by atoms with E-state index in [2.05, 4.69) is 22.1 Å².